The normalized spacial score (nSPS) is 16.0. The smallest absolute Gasteiger partial charge is 0.301 e. The van der Waals surface area contributed by atoms with Crippen molar-refractivity contribution in [3.63, 3.8) is 0 Å². The van der Waals surface area contributed by atoms with Gasteiger partial charge in [-0.25, -0.2) is 9.67 Å². The van der Waals surface area contributed by atoms with E-state index < -0.39 is 4.92 Å². The molecule has 0 bridgehead atoms. The molecule has 0 unspecified atom stereocenters. The predicted octanol–water partition coefficient (Wildman–Crippen LogP) is 1.48. The van der Waals surface area contributed by atoms with Crippen LogP contribution in [-0.2, 0) is 4.74 Å². The molecule has 0 N–H and O–H groups in total. The summed E-state index contributed by atoms with van der Waals surface area (Å²) >= 11 is 1.10. The molecular weight excluding hydrogens is 296 g/mol. The van der Waals surface area contributed by atoms with E-state index >= 15 is 0 Å². The van der Waals surface area contributed by atoms with Gasteiger partial charge >= 0.3 is 5.69 Å². The van der Waals surface area contributed by atoms with Crippen LogP contribution in [0.4, 0.5) is 5.69 Å². The van der Waals surface area contributed by atoms with Crippen molar-refractivity contribution in [2.45, 2.75) is 29.1 Å². The highest BCUT2D eigenvalue weighted by Gasteiger charge is 2.23. The molecule has 21 heavy (non-hydrogen) atoms. The third kappa shape index (κ3) is 3.00. The van der Waals surface area contributed by atoms with Crippen LogP contribution in [-0.4, -0.2) is 43.3 Å². The Labute approximate surface area is 123 Å². The summed E-state index contributed by atoms with van der Waals surface area (Å²) in [4.78, 5) is 14.6. The average Bonchev–Trinajstić information content (AvgIpc) is 2.96. The summed E-state index contributed by atoms with van der Waals surface area (Å²) in [6.07, 6.45) is 3.16. The number of tetrazole rings is 1. The van der Waals surface area contributed by atoms with Crippen molar-refractivity contribution in [1.82, 2.24) is 25.2 Å². The van der Waals surface area contributed by atoms with Gasteiger partial charge in [0.1, 0.15) is 0 Å². The van der Waals surface area contributed by atoms with Crippen LogP contribution >= 0.6 is 11.8 Å². The quantitative estimate of drug-likeness (QED) is 0.617. The predicted molar refractivity (Wildman–Crippen MR) is 71.9 cm³/mol. The summed E-state index contributed by atoms with van der Waals surface area (Å²) in [5.74, 6) is 0. The average molecular weight is 308 g/mol. The van der Waals surface area contributed by atoms with Gasteiger partial charge in [-0.3, -0.25) is 10.1 Å². The lowest BCUT2D eigenvalue weighted by atomic mass is 10.1. The molecule has 0 spiro atoms. The van der Waals surface area contributed by atoms with Gasteiger partial charge < -0.3 is 4.74 Å². The third-order valence-corrected chi connectivity index (χ3v) is 4.09. The largest absolute Gasteiger partial charge is 0.381 e. The van der Waals surface area contributed by atoms with Gasteiger partial charge in [0.25, 0.3) is 0 Å². The van der Waals surface area contributed by atoms with Gasteiger partial charge in [0.2, 0.25) is 5.16 Å². The molecule has 0 radical (unpaired) electrons. The van der Waals surface area contributed by atoms with Crippen molar-refractivity contribution >= 4 is 17.4 Å². The zero-order chi connectivity index (χ0) is 14.7. The first-order chi connectivity index (χ1) is 10.3. The Bertz CT molecular complexity index is 642. The highest BCUT2D eigenvalue weighted by atomic mass is 32.2. The number of ether oxygens (including phenoxy) is 1. The maximum absolute atomic E-state index is 11.0. The van der Waals surface area contributed by atoms with Gasteiger partial charge in [-0.05, 0) is 41.1 Å². The van der Waals surface area contributed by atoms with Crippen molar-refractivity contribution in [2.75, 3.05) is 13.2 Å². The standard InChI is InChI=1S/C11H12N6O3S/c18-17(19)9-2-1-5-12-10(9)21-11-13-14-15-16(11)8-3-6-20-7-4-8/h1-2,5,8H,3-4,6-7H2. The Morgan fingerprint density at radius 1 is 1.43 bits per heavy atom. The fourth-order valence-corrected chi connectivity index (χ4v) is 2.99. The van der Waals surface area contributed by atoms with Gasteiger partial charge in [-0.1, -0.05) is 0 Å². The molecule has 0 amide bonds. The number of hydrogen-bond acceptors (Lipinski definition) is 8. The van der Waals surface area contributed by atoms with Crippen LogP contribution in [0, 0.1) is 10.1 Å². The number of nitro groups is 1. The van der Waals surface area contributed by atoms with Crippen LogP contribution in [0.3, 0.4) is 0 Å². The van der Waals surface area contributed by atoms with Crippen molar-refractivity contribution in [2.24, 2.45) is 0 Å². The van der Waals surface area contributed by atoms with Crippen LogP contribution < -0.4 is 0 Å². The molecule has 1 fully saturated rings. The van der Waals surface area contributed by atoms with E-state index in [1.54, 1.807) is 4.68 Å². The topological polar surface area (TPSA) is 109 Å². The Morgan fingerprint density at radius 2 is 2.24 bits per heavy atom. The number of aromatic nitrogens is 5. The van der Waals surface area contributed by atoms with E-state index in [2.05, 4.69) is 20.5 Å². The van der Waals surface area contributed by atoms with Crippen molar-refractivity contribution in [3.8, 4) is 0 Å². The molecule has 0 aromatic carbocycles. The van der Waals surface area contributed by atoms with Gasteiger partial charge in [-0.2, -0.15) is 0 Å². The second kappa shape index (κ2) is 6.14. The van der Waals surface area contributed by atoms with Crippen LogP contribution in [0.2, 0.25) is 0 Å². The minimum Gasteiger partial charge on any atom is -0.381 e. The molecule has 2 aromatic heterocycles. The number of rotatable bonds is 4. The van der Waals surface area contributed by atoms with Gasteiger partial charge in [0.15, 0.2) is 5.03 Å². The van der Waals surface area contributed by atoms with Crippen LogP contribution in [0.15, 0.2) is 28.5 Å². The summed E-state index contributed by atoms with van der Waals surface area (Å²) in [6.45, 7) is 1.33. The summed E-state index contributed by atoms with van der Waals surface area (Å²) in [5.41, 5.74) is -0.0518. The maximum Gasteiger partial charge on any atom is 0.301 e. The second-order valence-electron chi connectivity index (χ2n) is 4.44. The van der Waals surface area contributed by atoms with Gasteiger partial charge in [0.05, 0.1) is 11.0 Å². The molecule has 0 saturated carbocycles. The lowest BCUT2D eigenvalue weighted by molar-refractivity contribution is -0.388. The highest BCUT2D eigenvalue weighted by Crippen LogP contribution is 2.33. The van der Waals surface area contributed by atoms with E-state index in [-0.39, 0.29) is 16.8 Å². The SMILES string of the molecule is O=[N+]([O-])c1cccnc1Sc1nnnn1C1CCOCC1. The molecule has 9 nitrogen and oxygen atoms in total. The molecule has 3 heterocycles. The Kier molecular flexibility index (Phi) is 4.06. The first-order valence-corrected chi connectivity index (χ1v) is 7.20. The first kappa shape index (κ1) is 13.9. The number of nitrogens with zero attached hydrogens (tertiary/aromatic N) is 6. The molecule has 110 valence electrons. The molecule has 1 aliphatic heterocycles. The Morgan fingerprint density at radius 3 is 3.00 bits per heavy atom. The van der Waals surface area contributed by atoms with E-state index in [4.69, 9.17) is 4.74 Å². The Balaban J connectivity index is 1.86. The molecule has 1 saturated heterocycles. The summed E-state index contributed by atoms with van der Waals surface area (Å²) in [6, 6.07) is 3.10. The van der Waals surface area contributed by atoms with Crippen molar-refractivity contribution in [3.05, 3.63) is 28.4 Å². The second-order valence-corrected chi connectivity index (χ2v) is 5.39. The molecule has 1 aliphatic rings. The summed E-state index contributed by atoms with van der Waals surface area (Å²) in [7, 11) is 0. The van der Waals surface area contributed by atoms with Crippen LogP contribution in [0.25, 0.3) is 0 Å². The molecular formula is C11H12N6O3S. The molecule has 2 aromatic rings. The van der Waals surface area contributed by atoms with Crippen LogP contribution in [0.1, 0.15) is 18.9 Å². The lowest BCUT2D eigenvalue weighted by Crippen LogP contribution is -2.21. The zero-order valence-corrected chi connectivity index (χ0v) is 11.8. The Hall–Kier alpha value is -2.07. The molecule has 0 atom stereocenters. The summed E-state index contributed by atoms with van der Waals surface area (Å²) < 4.78 is 7.02. The van der Waals surface area contributed by atoms with E-state index in [1.807, 2.05) is 0 Å². The fourth-order valence-electron chi connectivity index (χ4n) is 2.10. The van der Waals surface area contributed by atoms with E-state index in [1.165, 1.54) is 18.3 Å². The van der Waals surface area contributed by atoms with Crippen molar-refractivity contribution in [1.29, 1.82) is 0 Å². The molecule has 10 heteroatoms. The monoisotopic (exact) mass is 308 g/mol. The van der Waals surface area contributed by atoms with Crippen LogP contribution in [0.5, 0.6) is 0 Å². The van der Waals surface area contributed by atoms with Crippen molar-refractivity contribution < 1.29 is 9.66 Å². The third-order valence-electron chi connectivity index (χ3n) is 3.14. The summed E-state index contributed by atoms with van der Waals surface area (Å²) in [5, 5.41) is 23.4. The zero-order valence-electron chi connectivity index (χ0n) is 11.0. The van der Waals surface area contributed by atoms with E-state index in [0.717, 1.165) is 24.6 Å². The molecule has 0 aliphatic carbocycles. The van der Waals surface area contributed by atoms with E-state index in [0.29, 0.717) is 18.4 Å². The minimum absolute atomic E-state index is 0.0518. The van der Waals surface area contributed by atoms with E-state index in [9.17, 15) is 10.1 Å². The molecule has 3 rings (SSSR count). The number of hydrogen-bond donors (Lipinski definition) is 0. The fraction of sp³-hybridized carbons (Fsp3) is 0.455. The number of pyridine rings is 1. The van der Waals surface area contributed by atoms with Gasteiger partial charge in [0, 0.05) is 25.5 Å². The first-order valence-electron chi connectivity index (χ1n) is 6.38. The lowest BCUT2D eigenvalue weighted by Gasteiger charge is -2.22. The highest BCUT2D eigenvalue weighted by molar-refractivity contribution is 7.99. The van der Waals surface area contributed by atoms with Gasteiger partial charge in [-0.15, -0.1) is 5.10 Å². The minimum atomic E-state index is -0.460. The maximum atomic E-state index is 11.0.